The van der Waals surface area contributed by atoms with E-state index in [1.54, 1.807) is 18.4 Å². The van der Waals surface area contributed by atoms with E-state index in [0.29, 0.717) is 5.92 Å². The van der Waals surface area contributed by atoms with Crippen LogP contribution in [0.2, 0.25) is 0 Å². The van der Waals surface area contributed by atoms with Crippen LogP contribution >= 0.6 is 11.3 Å². The average molecular weight is 270 g/mol. The van der Waals surface area contributed by atoms with Crippen LogP contribution in [-0.2, 0) is 16.6 Å². The summed E-state index contributed by atoms with van der Waals surface area (Å²) in [6.07, 6.45) is 1.85. The minimum Gasteiger partial charge on any atom is -0.384 e. The van der Waals surface area contributed by atoms with Crippen molar-refractivity contribution in [2.75, 3.05) is 13.7 Å². The number of ether oxygens (including phenoxy) is 1. The zero-order chi connectivity index (χ0) is 13.8. The minimum absolute atomic E-state index is 0.127. The van der Waals surface area contributed by atoms with E-state index >= 15 is 0 Å². The molecular formula is C14H26N2OS. The molecule has 0 aliphatic carbocycles. The number of nitrogens with two attached hydrogens (primary N) is 1. The molecule has 0 saturated heterocycles. The topological polar surface area (TPSA) is 48.1 Å². The van der Waals surface area contributed by atoms with Crippen LogP contribution in [0.5, 0.6) is 0 Å². The van der Waals surface area contributed by atoms with Crippen LogP contribution in [0.3, 0.4) is 0 Å². The molecule has 2 N–H and O–H groups in total. The molecule has 18 heavy (non-hydrogen) atoms. The highest BCUT2D eigenvalue weighted by Gasteiger charge is 2.18. The van der Waals surface area contributed by atoms with Crippen LogP contribution in [0, 0.1) is 5.92 Å². The standard InChI is InChI=1S/C14H26N2OS/c1-10(8-17-5)6-11(15)7-13-16-12(9-18-13)14(2,3)4/h9-11H,6-8,15H2,1-5H3. The van der Waals surface area contributed by atoms with Crippen molar-refractivity contribution in [3.63, 3.8) is 0 Å². The highest BCUT2D eigenvalue weighted by atomic mass is 32.1. The van der Waals surface area contributed by atoms with Gasteiger partial charge in [0.15, 0.2) is 0 Å². The second-order valence-corrected chi connectivity index (χ2v) is 7.08. The predicted octanol–water partition coefficient (Wildman–Crippen LogP) is 2.98. The first-order chi connectivity index (χ1) is 8.32. The Balaban J connectivity index is 2.49. The molecule has 2 atom stereocenters. The minimum atomic E-state index is 0.127. The number of thiazole rings is 1. The fraction of sp³-hybridized carbons (Fsp3) is 0.786. The maximum absolute atomic E-state index is 6.17. The van der Waals surface area contributed by atoms with Crippen LogP contribution in [0.15, 0.2) is 5.38 Å². The Kier molecular flexibility index (Phi) is 5.76. The van der Waals surface area contributed by atoms with Gasteiger partial charge in [0.05, 0.1) is 10.7 Å². The molecule has 0 aliphatic rings. The van der Waals surface area contributed by atoms with Crippen molar-refractivity contribution in [2.24, 2.45) is 11.7 Å². The smallest absolute Gasteiger partial charge is 0.0943 e. The predicted molar refractivity (Wildman–Crippen MR) is 78.2 cm³/mol. The zero-order valence-corrected chi connectivity index (χ0v) is 13.0. The second kappa shape index (κ2) is 6.64. The van der Waals surface area contributed by atoms with Gasteiger partial charge in [-0.3, -0.25) is 0 Å². The molecule has 0 amide bonds. The lowest BCUT2D eigenvalue weighted by Gasteiger charge is -2.16. The molecule has 104 valence electrons. The summed E-state index contributed by atoms with van der Waals surface area (Å²) in [5.74, 6) is 0.507. The van der Waals surface area contributed by atoms with Crippen molar-refractivity contribution in [1.29, 1.82) is 0 Å². The van der Waals surface area contributed by atoms with Gasteiger partial charge in [0, 0.05) is 37.0 Å². The van der Waals surface area contributed by atoms with Crippen molar-refractivity contribution in [2.45, 2.75) is 52.0 Å². The molecule has 0 bridgehead atoms. The Morgan fingerprint density at radius 1 is 1.44 bits per heavy atom. The van der Waals surface area contributed by atoms with Crippen LogP contribution in [-0.4, -0.2) is 24.7 Å². The van der Waals surface area contributed by atoms with Gasteiger partial charge in [0.25, 0.3) is 0 Å². The lowest BCUT2D eigenvalue weighted by Crippen LogP contribution is -2.26. The molecule has 0 radical (unpaired) electrons. The molecule has 0 spiro atoms. The van der Waals surface area contributed by atoms with Crippen LogP contribution in [0.4, 0.5) is 0 Å². The highest BCUT2D eigenvalue weighted by molar-refractivity contribution is 7.09. The summed E-state index contributed by atoms with van der Waals surface area (Å²) in [6, 6.07) is 0.175. The fourth-order valence-corrected chi connectivity index (χ4v) is 3.04. The first-order valence-electron chi connectivity index (χ1n) is 6.52. The number of rotatable bonds is 6. The molecule has 3 nitrogen and oxygen atoms in total. The Morgan fingerprint density at radius 3 is 2.61 bits per heavy atom. The summed E-state index contributed by atoms with van der Waals surface area (Å²) in [5, 5.41) is 3.30. The van der Waals surface area contributed by atoms with Gasteiger partial charge in [0.1, 0.15) is 0 Å². The van der Waals surface area contributed by atoms with E-state index in [-0.39, 0.29) is 11.5 Å². The molecule has 2 unspecified atom stereocenters. The molecule has 0 saturated carbocycles. The van der Waals surface area contributed by atoms with E-state index in [0.717, 1.165) is 24.5 Å². The van der Waals surface area contributed by atoms with Crippen molar-refractivity contribution in [1.82, 2.24) is 4.98 Å². The molecule has 1 aromatic heterocycles. The number of hydrogen-bond acceptors (Lipinski definition) is 4. The van der Waals surface area contributed by atoms with Gasteiger partial charge in [-0.15, -0.1) is 11.3 Å². The summed E-state index contributed by atoms with van der Waals surface area (Å²) < 4.78 is 5.13. The van der Waals surface area contributed by atoms with Gasteiger partial charge in [-0.05, 0) is 12.3 Å². The Labute approximate surface area is 115 Å². The van der Waals surface area contributed by atoms with E-state index < -0.39 is 0 Å². The SMILES string of the molecule is COCC(C)CC(N)Cc1nc(C(C)(C)C)cs1. The van der Waals surface area contributed by atoms with Crippen molar-refractivity contribution < 1.29 is 4.74 Å². The van der Waals surface area contributed by atoms with E-state index in [4.69, 9.17) is 10.5 Å². The van der Waals surface area contributed by atoms with Crippen molar-refractivity contribution in [3.8, 4) is 0 Å². The van der Waals surface area contributed by atoms with E-state index in [2.05, 4.69) is 38.1 Å². The quantitative estimate of drug-likeness (QED) is 0.864. The van der Waals surface area contributed by atoms with Crippen LogP contribution in [0.25, 0.3) is 0 Å². The third-order valence-electron chi connectivity index (χ3n) is 2.91. The fourth-order valence-electron chi connectivity index (χ4n) is 1.93. The highest BCUT2D eigenvalue weighted by Crippen LogP contribution is 2.24. The molecule has 1 heterocycles. The van der Waals surface area contributed by atoms with Gasteiger partial charge in [-0.25, -0.2) is 4.98 Å². The largest absolute Gasteiger partial charge is 0.384 e. The zero-order valence-electron chi connectivity index (χ0n) is 12.2. The van der Waals surface area contributed by atoms with Gasteiger partial charge < -0.3 is 10.5 Å². The first kappa shape index (κ1) is 15.6. The average Bonchev–Trinajstić information content (AvgIpc) is 2.65. The summed E-state index contributed by atoms with van der Waals surface area (Å²) >= 11 is 1.72. The molecule has 1 rings (SSSR count). The number of methoxy groups -OCH3 is 1. The van der Waals surface area contributed by atoms with Gasteiger partial charge in [-0.2, -0.15) is 0 Å². The van der Waals surface area contributed by atoms with Crippen molar-refractivity contribution >= 4 is 11.3 Å². The second-order valence-electron chi connectivity index (χ2n) is 6.14. The maximum Gasteiger partial charge on any atom is 0.0943 e. The number of nitrogens with zero attached hydrogens (tertiary/aromatic N) is 1. The summed E-state index contributed by atoms with van der Waals surface area (Å²) in [6.45, 7) is 9.51. The molecule has 4 heteroatoms. The lowest BCUT2D eigenvalue weighted by atomic mass is 9.93. The number of aromatic nitrogens is 1. The number of hydrogen-bond donors (Lipinski definition) is 1. The van der Waals surface area contributed by atoms with Crippen molar-refractivity contribution in [3.05, 3.63) is 16.1 Å². The monoisotopic (exact) mass is 270 g/mol. The lowest BCUT2D eigenvalue weighted by molar-refractivity contribution is 0.152. The molecule has 0 fully saturated rings. The van der Waals surface area contributed by atoms with Gasteiger partial charge in [-0.1, -0.05) is 27.7 Å². The summed E-state index contributed by atoms with van der Waals surface area (Å²) in [7, 11) is 1.73. The molecule has 0 aliphatic heterocycles. The van der Waals surface area contributed by atoms with E-state index in [1.165, 1.54) is 5.69 Å². The Hall–Kier alpha value is -0.450. The van der Waals surface area contributed by atoms with Gasteiger partial charge in [0.2, 0.25) is 0 Å². The maximum atomic E-state index is 6.17. The molecule has 0 aromatic carbocycles. The van der Waals surface area contributed by atoms with E-state index in [1.807, 2.05) is 0 Å². The van der Waals surface area contributed by atoms with Crippen LogP contribution < -0.4 is 5.73 Å². The van der Waals surface area contributed by atoms with Crippen LogP contribution in [0.1, 0.15) is 44.8 Å². The molecule has 1 aromatic rings. The van der Waals surface area contributed by atoms with Gasteiger partial charge >= 0.3 is 0 Å². The summed E-state index contributed by atoms with van der Waals surface area (Å²) in [5.41, 5.74) is 7.46. The first-order valence-corrected chi connectivity index (χ1v) is 7.40. The normalized spacial score (nSPS) is 15.7. The Bertz CT molecular complexity index is 357. The van der Waals surface area contributed by atoms with E-state index in [9.17, 15) is 0 Å². The summed E-state index contributed by atoms with van der Waals surface area (Å²) in [4.78, 5) is 4.68. The third kappa shape index (κ3) is 5.04. The molecular weight excluding hydrogens is 244 g/mol. The third-order valence-corrected chi connectivity index (χ3v) is 3.78. The Morgan fingerprint density at radius 2 is 2.11 bits per heavy atom.